The maximum atomic E-state index is 13.4. The normalized spacial score (nSPS) is 15.9. The maximum Gasteiger partial charge on any atom is 0.408 e. The van der Waals surface area contributed by atoms with Crippen LogP contribution in [0, 0.1) is 16.0 Å². The first-order valence-electron chi connectivity index (χ1n) is 12.1. The molecule has 208 valence electrons. The fourth-order valence-electron chi connectivity index (χ4n) is 3.75. The van der Waals surface area contributed by atoms with E-state index in [1.807, 2.05) is 18.2 Å². The molecule has 1 aliphatic heterocycles. The number of Topliss-reactive ketones (excluding diaryl/α,β-unsaturated/α-hetero) is 1. The van der Waals surface area contributed by atoms with Gasteiger partial charge in [-0.15, -0.1) is 0 Å². The highest BCUT2D eigenvalue weighted by Gasteiger charge is 2.49. The number of carbonyl (C=O) groups excluding carboxylic acids is 4. The number of nitrogens with one attached hydrogen (secondary N) is 1. The zero-order valence-corrected chi connectivity index (χ0v) is 22.2. The van der Waals surface area contributed by atoms with Crippen molar-refractivity contribution in [3.63, 3.8) is 0 Å². The number of amides is 1. The minimum atomic E-state index is -1.96. The topological polar surface area (TPSA) is 160 Å². The smallest absolute Gasteiger partial charge is 0.408 e. The van der Waals surface area contributed by atoms with Gasteiger partial charge in [-0.2, -0.15) is 0 Å². The molecule has 0 saturated carbocycles. The molecule has 2 aromatic carbocycles. The molecule has 1 unspecified atom stereocenters. The molecule has 1 heterocycles. The number of hydrogen-bond donors (Lipinski definition) is 1. The summed E-state index contributed by atoms with van der Waals surface area (Å²) in [7, 11) is 0. The van der Waals surface area contributed by atoms with Crippen molar-refractivity contribution in [3.8, 4) is 5.75 Å². The van der Waals surface area contributed by atoms with Gasteiger partial charge < -0.3 is 24.3 Å². The quantitative estimate of drug-likeness (QED) is 0.214. The third-order valence-corrected chi connectivity index (χ3v) is 5.38. The van der Waals surface area contributed by atoms with Crippen molar-refractivity contribution in [2.45, 2.75) is 65.1 Å². The van der Waals surface area contributed by atoms with Gasteiger partial charge in [-0.05, 0) is 38.0 Å². The molecule has 1 saturated heterocycles. The van der Waals surface area contributed by atoms with Gasteiger partial charge in [0.15, 0.2) is 11.5 Å². The Hall–Kier alpha value is -4.48. The second-order valence-corrected chi connectivity index (χ2v) is 10.3. The third kappa shape index (κ3) is 8.00. The van der Waals surface area contributed by atoms with Gasteiger partial charge in [-0.25, -0.2) is 4.79 Å². The standard InChI is InChI=1S/C27H30N2O10/c1-26(2,3)39-25(33)28-18(22(30)21-23(31)37-27(4,5)38-24(21)32)13-17-11-12-20(19(14-17)29(34)35)36-15-16-9-7-6-8-10-16/h6-12,14,18,21H,13,15H2,1-5H3,(H,28,33). The van der Waals surface area contributed by atoms with Crippen LogP contribution >= 0.6 is 0 Å². The van der Waals surface area contributed by atoms with Crippen molar-refractivity contribution in [2.24, 2.45) is 5.92 Å². The van der Waals surface area contributed by atoms with Gasteiger partial charge in [0.25, 0.3) is 5.79 Å². The van der Waals surface area contributed by atoms with Gasteiger partial charge in [0.2, 0.25) is 5.92 Å². The van der Waals surface area contributed by atoms with Crippen LogP contribution in [0.4, 0.5) is 10.5 Å². The molecule has 39 heavy (non-hydrogen) atoms. The number of cyclic esters (lactones) is 2. The molecule has 12 heteroatoms. The van der Waals surface area contributed by atoms with E-state index in [4.69, 9.17) is 18.9 Å². The number of rotatable bonds is 9. The van der Waals surface area contributed by atoms with Crippen molar-refractivity contribution in [2.75, 3.05) is 0 Å². The Labute approximate surface area is 224 Å². The SMILES string of the molecule is CC(C)(C)OC(=O)NC(Cc1ccc(OCc2ccccc2)c([N+](=O)[O-])c1)C(=O)C1C(=O)OC(C)(C)OC1=O. The van der Waals surface area contributed by atoms with E-state index in [1.54, 1.807) is 32.9 Å². The van der Waals surface area contributed by atoms with Crippen molar-refractivity contribution in [3.05, 3.63) is 69.8 Å². The zero-order valence-electron chi connectivity index (χ0n) is 22.2. The second-order valence-electron chi connectivity index (χ2n) is 10.3. The first-order valence-corrected chi connectivity index (χ1v) is 12.1. The molecule has 0 aliphatic carbocycles. The minimum absolute atomic E-state index is 0.00255. The summed E-state index contributed by atoms with van der Waals surface area (Å²) < 4.78 is 20.9. The van der Waals surface area contributed by atoms with Gasteiger partial charge in [0.1, 0.15) is 12.2 Å². The van der Waals surface area contributed by atoms with E-state index in [0.717, 1.165) is 5.56 Å². The van der Waals surface area contributed by atoms with E-state index in [0.29, 0.717) is 0 Å². The highest BCUT2D eigenvalue weighted by atomic mass is 16.7. The van der Waals surface area contributed by atoms with Crippen LogP contribution in [0.3, 0.4) is 0 Å². The largest absolute Gasteiger partial charge is 0.482 e. The lowest BCUT2D eigenvalue weighted by molar-refractivity contribution is -0.386. The number of esters is 2. The fourth-order valence-corrected chi connectivity index (χ4v) is 3.75. The van der Waals surface area contributed by atoms with Crippen molar-refractivity contribution < 1.29 is 43.0 Å². The van der Waals surface area contributed by atoms with Crippen molar-refractivity contribution >= 4 is 29.5 Å². The monoisotopic (exact) mass is 542 g/mol. The molecule has 1 aliphatic rings. The average molecular weight is 543 g/mol. The Kier molecular flexibility index (Phi) is 8.58. The Balaban J connectivity index is 1.87. The molecule has 1 amide bonds. The number of hydrogen-bond acceptors (Lipinski definition) is 10. The molecule has 3 rings (SSSR count). The maximum absolute atomic E-state index is 13.4. The Morgan fingerprint density at radius 3 is 2.23 bits per heavy atom. The first-order chi connectivity index (χ1) is 18.1. The summed E-state index contributed by atoms with van der Waals surface area (Å²) >= 11 is 0. The molecule has 1 fully saturated rings. The van der Waals surface area contributed by atoms with Gasteiger partial charge in [0, 0.05) is 26.3 Å². The van der Waals surface area contributed by atoms with Crippen LogP contribution in [-0.2, 0) is 41.6 Å². The Bertz CT molecular complexity index is 1250. The second kappa shape index (κ2) is 11.5. The Morgan fingerprint density at radius 1 is 1.05 bits per heavy atom. The van der Waals surface area contributed by atoms with Gasteiger partial charge >= 0.3 is 23.7 Å². The molecule has 1 N–H and O–H groups in total. The summed E-state index contributed by atoms with van der Waals surface area (Å²) in [6, 6.07) is 11.6. The summed E-state index contributed by atoms with van der Waals surface area (Å²) in [6.07, 6.45) is -1.30. The van der Waals surface area contributed by atoms with E-state index >= 15 is 0 Å². The summed E-state index contributed by atoms with van der Waals surface area (Å²) in [5.41, 5.74) is -0.232. The van der Waals surface area contributed by atoms with Gasteiger partial charge in [0.05, 0.1) is 11.0 Å². The van der Waals surface area contributed by atoms with Crippen LogP contribution < -0.4 is 10.1 Å². The van der Waals surface area contributed by atoms with Crippen LogP contribution in [0.1, 0.15) is 45.7 Å². The van der Waals surface area contributed by atoms with E-state index in [-0.39, 0.29) is 30.0 Å². The van der Waals surface area contributed by atoms with Crippen LogP contribution in [0.2, 0.25) is 0 Å². The summed E-state index contributed by atoms with van der Waals surface area (Å²) in [6.45, 7) is 7.59. The lowest BCUT2D eigenvalue weighted by Gasteiger charge is -2.33. The van der Waals surface area contributed by atoms with E-state index in [2.05, 4.69) is 5.32 Å². The molecular formula is C27H30N2O10. The number of benzene rings is 2. The number of ether oxygens (including phenoxy) is 4. The number of nitro benzene ring substituents is 1. The molecule has 0 spiro atoms. The number of ketones is 1. The van der Waals surface area contributed by atoms with Gasteiger partial charge in [-0.3, -0.25) is 24.5 Å². The lowest BCUT2D eigenvalue weighted by atomic mass is 9.92. The highest BCUT2D eigenvalue weighted by molar-refractivity contribution is 6.17. The number of alkyl carbamates (subject to hydrolysis) is 1. The summed E-state index contributed by atoms with van der Waals surface area (Å²) in [4.78, 5) is 62.0. The molecule has 0 bridgehead atoms. The van der Waals surface area contributed by atoms with Crippen molar-refractivity contribution in [1.29, 1.82) is 0 Å². The van der Waals surface area contributed by atoms with Crippen LogP contribution in [0.15, 0.2) is 48.5 Å². The third-order valence-electron chi connectivity index (χ3n) is 5.38. The van der Waals surface area contributed by atoms with E-state index in [1.165, 1.54) is 32.0 Å². The van der Waals surface area contributed by atoms with Gasteiger partial charge in [-0.1, -0.05) is 36.4 Å². The zero-order chi connectivity index (χ0) is 29.0. The number of nitro groups is 1. The minimum Gasteiger partial charge on any atom is -0.482 e. The highest BCUT2D eigenvalue weighted by Crippen LogP contribution is 2.30. The van der Waals surface area contributed by atoms with Crippen molar-refractivity contribution in [1.82, 2.24) is 5.32 Å². The molecule has 1 atom stereocenters. The lowest BCUT2D eigenvalue weighted by Crippen LogP contribution is -2.55. The Morgan fingerprint density at radius 2 is 1.67 bits per heavy atom. The number of nitrogens with zero attached hydrogens (tertiary/aromatic N) is 1. The molecular weight excluding hydrogens is 512 g/mol. The fraction of sp³-hybridized carbons (Fsp3) is 0.407. The summed E-state index contributed by atoms with van der Waals surface area (Å²) in [5, 5.41) is 14.1. The molecule has 0 radical (unpaired) electrons. The molecule has 2 aromatic rings. The predicted octanol–water partition coefficient (Wildman–Crippen LogP) is 3.63. The summed E-state index contributed by atoms with van der Waals surface area (Å²) in [5.74, 6) is -6.80. The number of carbonyl (C=O) groups is 4. The van der Waals surface area contributed by atoms with Crippen LogP contribution in [-0.4, -0.2) is 46.2 Å². The van der Waals surface area contributed by atoms with E-state index in [9.17, 15) is 29.3 Å². The molecule has 0 aromatic heterocycles. The van der Waals surface area contributed by atoms with Crippen LogP contribution in [0.5, 0.6) is 5.75 Å². The average Bonchev–Trinajstić information content (AvgIpc) is 2.80. The predicted molar refractivity (Wildman–Crippen MR) is 135 cm³/mol. The molecule has 12 nitrogen and oxygen atoms in total. The van der Waals surface area contributed by atoms with Crippen LogP contribution in [0.25, 0.3) is 0 Å². The first kappa shape index (κ1) is 29.1. The van der Waals surface area contributed by atoms with E-state index < -0.39 is 52.1 Å².